The fourth-order valence-corrected chi connectivity index (χ4v) is 3.97. The van der Waals surface area contributed by atoms with Gasteiger partial charge in [0.05, 0.1) is 19.9 Å². The molecule has 3 rings (SSSR count). The first-order valence-electron chi connectivity index (χ1n) is 10.6. The lowest BCUT2D eigenvalue weighted by Gasteiger charge is -2.28. The molecule has 1 saturated carbocycles. The molecular formula is C23H32N4O3. The van der Waals surface area contributed by atoms with Gasteiger partial charge in [-0.3, -0.25) is 9.78 Å². The van der Waals surface area contributed by atoms with E-state index in [0.717, 1.165) is 42.7 Å². The average molecular weight is 413 g/mol. The molecule has 1 fully saturated rings. The maximum absolute atomic E-state index is 11.5. The average Bonchev–Trinajstić information content (AvgIpc) is 2.77. The second kappa shape index (κ2) is 9.87. The van der Waals surface area contributed by atoms with Crippen LogP contribution in [0.15, 0.2) is 24.5 Å². The van der Waals surface area contributed by atoms with Crippen molar-refractivity contribution in [3.63, 3.8) is 0 Å². The lowest BCUT2D eigenvalue weighted by Crippen LogP contribution is -2.27. The number of methoxy groups -OCH3 is 1. The molecule has 1 aliphatic rings. The Morgan fingerprint density at radius 1 is 1.17 bits per heavy atom. The van der Waals surface area contributed by atoms with E-state index < -0.39 is 0 Å². The molecule has 1 aliphatic carbocycles. The number of nitrogens with two attached hydrogens (primary N) is 1. The van der Waals surface area contributed by atoms with Crippen molar-refractivity contribution >= 4 is 5.91 Å². The summed E-state index contributed by atoms with van der Waals surface area (Å²) in [6, 6.07) is 3.93. The molecule has 2 heterocycles. The standard InChI is InChI=1S/C23H32N4O3/c1-14(15(2)21-10-9-19(29-4)11-26-21)13-30-23-20(12-25-16(3)27-23)17-5-7-18(8-6-17)22(24)28/h9-12,14-15,17-18H,5-8,13H2,1-4H3,(H2,24,28)/t14-,15+,17-,18+/m1/s1. The third-order valence-corrected chi connectivity index (χ3v) is 6.27. The second-order valence-corrected chi connectivity index (χ2v) is 8.33. The normalized spacial score (nSPS) is 20.9. The highest BCUT2D eigenvalue weighted by Gasteiger charge is 2.28. The van der Waals surface area contributed by atoms with E-state index in [1.807, 2.05) is 25.3 Å². The molecule has 7 heteroatoms. The van der Waals surface area contributed by atoms with Gasteiger partial charge in [-0.25, -0.2) is 4.98 Å². The summed E-state index contributed by atoms with van der Waals surface area (Å²) in [6.07, 6.45) is 7.05. The molecule has 0 spiro atoms. The van der Waals surface area contributed by atoms with Gasteiger partial charge in [0.2, 0.25) is 11.8 Å². The van der Waals surface area contributed by atoms with Gasteiger partial charge < -0.3 is 15.2 Å². The van der Waals surface area contributed by atoms with Crippen LogP contribution in [0.1, 0.15) is 68.4 Å². The number of hydrogen-bond acceptors (Lipinski definition) is 6. The Bertz CT molecular complexity index is 848. The van der Waals surface area contributed by atoms with Crippen LogP contribution in [-0.4, -0.2) is 34.6 Å². The zero-order valence-electron chi connectivity index (χ0n) is 18.3. The Kier molecular flexibility index (Phi) is 7.24. The van der Waals surface area contributed by atoms with Crippen molar-refractivity contribution in [1.82, 2.24) is 15.0 Å². The van der Waals surface area contributed by atoms with Crippen molar-refractivity contribution in [2.24, 2.45) is 17.6 Å². The number of hydrogen-bond donors (Lipinski definition) is 1. The molecule has 30 heavy (non-hydrogen) atoms. The summed E-state index contributed by atoms with van der Waals surface area (Å²) in [5, 5.41) is 0. The van der Waals surface area contributed by atoms with Gasteiger partial charge in [0.1, 0.15) is 11.6 Å². The third-order valence-electron chi connectivity index (χ3n) is 6.27. The topological polar surface area (TPSA) is 100 Å². The van der Waals surface area contributed by atoms with Gasteiger partial charge in [0.25, 0.3) is 0 Å². The first kappa shape index (κ1) is 22.0. The van der Waals surface area contributed by atoms with Crippen LogP contribution >= 0.6 is 0 Å². The van der Waals surface area contributed by atoms with Crippen molar-refractivity contribution in [3.05, 3.63) is 41.6 Å². The Morgan fingerprint density at radius 2 is 1.90 bits per heavy atom. The number of aromatic nitrogens is 3. The monoisotopic (exact) mass is 412 g/mol. The molecule has 0 radical (unpaired) electrons. The molecule has 1 amide bonds. The zero-order chi connectivity index (χ0) is 21.7. The number of rotatable bonds is 8. The number of amides is 1. The fraction of sp³-hybridized carbons (Fsp3) is 0.565. The van der Waals surface area contributed by atoms with Gasteiger partial charge in [-0.05, 0) is 56.6 Å². The molecular weight excluding hydrogens is 380 g/mol. The quantitative estimate of drug-likeness (QED) is 0.708. The number of primary amides is 1. The maximum atomic E-state index is 11.5. The number of carbonyl (C=O) groups excluding carboxylic acids is 1. The van der Waals surface area contributed by atoms with Crippen LogP contribution in [0, 0.1) is 18.8 Å². The van der Waals surface area contributed by atoms with Crippen LogP contribution in [0.25, 0.3) is 0 Å². The van der Waals surface area contributed by atoms with Gasteiger partial charge in [-0.2, -0.15) is 4.98 Å². The lowest BCUT2D eigenvalue weighted by molar-refractivity contribution is -0.122. The lowest BCUT2D eigenvalue weighted by atomic mass is 9.79. The van der Waals surface area contributed by atoms with Crippen molar-refractivity contribution in [3.8, 4) is 11.6 Å². The first-order valence-corrected chi connectivity index (χ1v) is 10.6. The predicted octanol–water partition coefficient (Wildman–Crippen LogP) is 3.77. The number of aryl methyl sites for hydroxylation is 1. The summed E-state index contributed by atoms with van der Waals surface area (Å²) >= 11 is 0. The van der Waals surface area contributed by atoms with E-state index >= 15 is 0 Å². The van der Waals surface area contributed by atoms with E-state index in [4.69, 9.17) is 15.2 Å². The van der Waals surface area contributed by atoms with E-state index in [1.54, 1.807) is 13.3 Å². The van der Waals surface area contributed by atoms with Crippen molar-refractivity contribution in [1.29, 1.82) is 0 Å². The van der Waals surface area contributed by atoms with Crippen molar-refractivity contribution in [2.75, 3.05) is 13.7 Å². The highest BCUT2D eigenvalue weighted by molar-refractivity contribution is 5.76. The van der Waals surface area contributed by atoms with E-state index in [1.165, 1.54) is 0 Å². The van der Waals surface area contributed by atoms with Gasteiger partial charge >= 0.3 is 0 Å². The van der Waals surface area contributed by atoms with Gasteiger partial charge in [-0.15, -0.1) is 0 Å². The van der Waals surface area contributed by atoms with Crippen LogP contribution < -0.4 is 15.2 Å². The van der Waals surface area contributed by atoms with E-state index in [0.29, 0.717) is 24.2 Å². The largest absolute Gasteiger partial charge is 0.495 e. The van der Waals surface area contributed by atoms with Gasteiger partial charge in [0, 0.05) is 29.3 Å². The Labute approximate surface area is 178 Å². The summed E-state index contributed by atoms with van der Waals surface area (Å²) in [5.74, 6) is 2.67. The number of ether oxygens (including phenoxy) is 2. The molecule has 162 valence electrons. The molecule has 7 nitrogen and oxygen atoms in total. The van der Waals surface area contributed by atoms with Gasteiger partial charge in [0.15, 0.2) is 0 Å². The predicted molar refractivity (Wildman–Crippen MR) is 115 cm³/mol. The minimum absolute atomic E-state index is 0.0187. The smallest absolute Gasteiger partial charge is 0.220 e. The maximum Gasteiger partial charge on any atom is 0.220 e. The third kappa shape index (κ3) is 5.26. The molecule has 2 atom stereocenters. The summed E-state index contributed by atoms with van der Waals surface area (Å²) in [7, 11) is 1.64. The highest BCUT2D eigenvalue weighted by atomic mass is 16.5. The van der Waals surface area contributed by atoms with Crippen LogP contribution in [0.4, 0.5) is 0 Å². The van der Waals surface area contributed by atoms with E-state index in [-0.39, 0.29) is 23.7 Å². The zero-order valence-corrected chi connectivity index (χ0v) is 18.3. The summed E-state index contributed by atoms with van der Waals surface area (Å²) in [5.41, 5.74) is 7.52. The van der Waals surface area contributed by atoms with Crippen molar-refractivity contribution < 1.29 is 14.3 Å². The number of carbonyl (C=O) groups is 1. The fourth-order valence-electron chi connectivity index (χ4n) is 3.97. The van der Waals surface area contributed by atoms with E-state index in [9.17, 15) is 4.79 Å². The highest BCUT2D eigenvalue weighted by Crippen LogP contribution is 2.39. The molecule has 2 aromatic rings. The molecule has 2 aromatic heterocycles. The summed E-state index contributed by atoms with van der Waals surface area (Å²) < 4.78 is 11.4. The molecule has 2 N–H and O–H groups in total. The number of pyridine rings is 1. The first-order chi connectivity index (χ1) is 14.4. The molecule has 0 saturated heterocycles. The van der Waals surface area contributed by atoms with Crippen LogP contribution in [0.3, 0.4) is 0 Å². The van der Waals surface area contributed by atoms with Crippen LogP contribution in [0.5, 0.6) is 11.6 Å². The van der Waals surface area contributed by atoms with Gasteiger partial charge in [-0.1, -0.05) is 13.8 Å². The Balaban J connectivity index is 1.65. The molecule has 0 aromatic carbocycles. The molecule has 0 aliphatic heterocycles. The minimum atomic E-state index is -0.194. The summed E-state index contributed by atoms with van der Waals surface area (Å²) in [6.45, 7) is 6.71. The minimum Gasteiger partial charge on any atom is -0.495 e. The molecule has 0 bridgehead atoms. The van der Waals surface area contributed by atoms with Crippen molar-refractivity contribution in [2.45, 2.75) is 58.3 Å². The second-order valence-electron chi connectivity index (χ2n) is 8.33. The molecule has 0 unspecified atom stereocenters. The SMILES string of the molecule is COc1ccc([C@@H](C)[C@H](C)COc2nc(C)ncc2[C@H]2CC[C@@H](C(N)=O)CC2)nc1. The Morgan fingerprint density at radius 3 is 2.50 bits per heavy atom. The summed E-state index contributed by atoms with van der Waals surface area (Å²) in [4.78, 5) is 24.9. The van der Waals surface area contributed by atoms with E-state index in [2.05, 4.69) is 28.8 Å². The van der Waals surface area contributed by atoms with Crippen LogP contribution in [0.2, 0.25) is 0 Å². The van der Waals surface area contributed by atoms with Crippen LogP contribution in [-0.2, 0) is 4.79 Å². The Hall–Kier alpha value is -2.70. The number of nitrogens with zero attached hydrogens (tertiary/aromatic N) is 3.